The van der Waals surface area contributed by atoms with E-state index in [9.17, 15) is 38.7 Å². The number of aromatic nitrogens is 2. The third kappa shape index (κ3) is 10.2. The zero-order chi connectivity index (χ0) is 40.6. The monoisotopic (exact) mass is 769 g/mol. The Balaban J connectivity index is 1.54. The van der Waals surface area contributed by atoms with Crippen LogP contribution in [0.25, 0.3) is 0 Å². The van der Waals surface area contributed by atoms with Crippen LogP contribution in [0, 0.1) is 23.7 Å². The van der Waals surface area contributed by atoms with Crippen LogP contribution in [0.15, 0.2) is 48.9 Å². The van der Waals surface area contributed by atoms with E-state index in [2.05, 4.69) is 31.2 Å². The number of nitrogens with zero attached hydrogens (tertiary/aromatic N) is 3. The fourth-order valence-electron chi connectivity index (χ4n) is 7.18. The fourth-order valence-corrected chi connectivity index (χ4v) is 7.18. The number of amides is 5. The van der Waals surface area contributed by atoms with Gasteiger partial charge in [-0.05, 0) is 36.2 Å². The first kappa shape index (κ1) is 42.4. The van der Waals surface area contributed by atoms with E-state index in [4.69, 9.17) is 0 Å². The van der Waals surface area contributed by atoms with Gasteiger partial charge in [0.1, 0.15) is 29.9 Å². The van der Waals surface area contributed by atoms with Gasteiger partial charge in [0, 0.05) is 37.7 Å². The van der Waals surface area contributed by atoms with Crippen LogP contribution in [-0.4, -0.2) is 104 Å². The minimum absolute atomic E-state index is 0.0398. The van der Waals surface area contributed by atoms with Crippen LogP contribution in [0.2, 0.25) is 0 Å². The summed E-state index contributed by atoms with van der Waals surface area (Å²) in [5.41, 5.74) is 0.555. The van der Waals surface area contributed by atoms with Crippen molar-refractivity contribution in [2.75, 3.05) is 6.54 Å². The van der Waals surface area contributed by atoms with E-state index in [1.807, 2.05) is 0 Å². The molecule has 1 aromatic carbocycles. The van der Waals surface area contributed by atoms with Crippen molar-refractivity contribution in [1.82, 2.24) is 36.1 Å². The topological polar surface area (TPSA) is 217 Å². The highest BCUT2D eigenvalue weighted by molar-refractivity contribution is 6.38. The lowest BCUT2D eigenvalue weighted by Crippen LogP contribution is -2.60. The number of aliphatic carboxylic acids is 1. The van der Waals surface area contributed by atoms with E-state index in [1.165, 1.54) is 18.6 Å². The first-order chi connectivity index (χ1) is 26.0. The van der Waals surface area contributed by atoms with Gasteiger partial charge < -0.3 is 31.3 Å². The number of likely N-dealkylation sites (tertiary alicyclic amines) is 1. The molecule has 1 saturated heterocycles. The molecule has 2 fully saturated rings. The summed E-state index contributed by atoms with van der Waals surface area (Å²) in [6.45, 7) is 7.80. The normalized spacial score (nSPS) is 20.8. The maximum atomic E-state index is 15.2. The molecule has 0 radical (unpaired) electrons. The number of alkyl halides is 2. The quantitative estimate of drug-likeness (QED) is 0.147. The molecule has 17 heteroatoms. The van der Waals surface area contributed by atoms with E-state index < -0.39 is 114 Å². The molecule has 4 rings (SSSR count). The lowest BCUT2D eigenvalue weighted by atomic mass is 9.91. The van der Waals surface area contributed by atoms with Crippen LogP contribution in [-0.2, 0) is 35.2 Å². The Morgan fingerprint density at radius 1 is 0.909 bits per heavy atom. The van der Waals surface area contributed by atoms with Gasteiger partial charge >= 0.3 is 5.97 Å². The van der Waals surface area contributed by atoms with Gasteiger partial charge in [0.25, 0.3) is 17.7 Å². The summed E-state index contributed by atoms with van der Waals surface area (Å²) in [5, 5.41) is 19.7. The molecule has 2 aliphatic rings. The summed E-state index contributed by atoms with van der Waals surface area (Å²) in [5.74, 6) is -13.5. The highest BCUT2D eigenvalue weighted by atomic mass is 19.3. The number of nitrogens with one attached hydrogen (secondary N) is 4. The SMILES string of the molecule is CCCC(NC(=O)[C@@H]1[C@H]2CCC(F)(F)C2CN1C(=O)[C@@H](NC(=O)[C@H](NC(=O)c1cnccn1)C(C)C)C(C)C)C(=O)C(=O)N[C@@H](Cc1ccccc1)C(=O)O. The van der Waals surface area contributed by atoms with E-state index in [1.54, 1.807) is 65.0 Å². The van der Waals surface area contributed by atoms with Crippen molar-refractivity contribution in [3.8, 4) is 0 Å². The summed E-state index contributed by atoms with van der Waals surface area (Å²) >= 11 is 0. The van der Waals surface area contributed by atoms with Crippen molar-refractivity contribution >= 4 is 41.3 Å². The summed E-state index contributed by atoms with van der Waals surface area (Å²) in [6.07, 6.45) is 3.44. The number of carbonyl (C=O) groups is 7. The van der Waals surface area contributed by atoms with Gasteiger partial charge in [-0.3, -0.25) is 33.8 Å². The van der Waals surface area contributed by atoms with Gasteiger partial charge in [0.15, 0.2) is 0 Å². The number of hydrogen-bond donors (Lipinski definition) is 5. The predicted octanol–water partition coefficient (Wildman–Crippen LogP) is 1.91. The number of benzene rings is 1. The second kappa shape index (κ2) is 18.3. The number of hydrogen-bond acceptors (Lipinski definition) is 9. The third-order valence-electron chi connectivity index (χ3n) is 10.1. The second-order valence-electron chi connectivity index (χ2n) is 14.8. The van der Waals surface area contributed by atoms with Gasteiger partial charge in [-0.2, -0.15) is 0 Å². The van der Waals surface area contributed by atoms with Gasteiger partial charge in [-0.25, -0.2) is 18.6 Å². The summed E-state index contributed by atoms with van der Waals surface area (Å²) in [6, 6.07) is 1.63. The van der Waals surface area contributed by atoms with Gasteiger partial charge in [-0.1, -0.05) is 71.4 Å². The van der Waals surface area contributed by atoms with Gasteiger partial charge in [0.2, 0.25) is 23.5 Å². The Hall–Kier alpha value is -5.35. The molecule has 2 unspecified atom stereocenters. The lowest BCUT2D eigenvalue weighted by Gasteiger charge is -2.34. The zero-order valence-corrected chi connectivity index (χ0v) is 31.5. The molecule has 2 heterocycles. The summed E-state index contributed by atoms with van der Waals surface area (Å²) in [4.78, 5) is 102. The van der Waals surface area contributed by atoms with E-state index in [0.29, 0.717) is 12.0 Å². The number of Topliss-reactive ketones (excluding diaryl/α,β-unsaturated/α-hetero) is 1. The highest BCUT2D eigenvalue weighted by Gasteiger charge is 2.61. The van der Waals surface area contributed by atoms with Crippen molar-refractivity contribution < 1.29 is 47.4 Å². The van der Waals surface area contributed by atoms with Crippen LogP contribution < -0.4 is 21.3 Å². The molecule has 1 saturated carbocycles. The second-order valence-corrected chi connectivity index (χ2v) is 14.8. The standard InChI is InChI=1S/C38H49F2N7O8/c1-6-10-25(31(48)35(52)44-26(37(54)55)17-22-11-8-7-9-12-22)43-34(51)30-23-13-14-38(39,40)24(23)19-47(30)36(53)29(21(4)5)46-33(50)28(20(2)3)45-32(49)27-18-41-15-16-42-27/h7-9,11-12,15-16,18,20-21,23-26,28-30H,6,10,13-14,17,19H2,1-5H3,(H,43,51)(H,44,52)(H,45,49)(H,46,50)(H,54,55)/t23-,24?,25?,26-,28+,29-,30-/m0/s1. The molecule has 0 spiro atoms. The molecular weight excluding hydrogens is 720 g/mol. The molecule has 15 nitrogen and oxygen atoms in total. The Morgan fingerprint density at radius 3 is 2.16 bits per heavy atom. The Bertz CT molecular complexity index is 1730. The number of carboxylic acids is 1. The Morgan fingerprint density at radius 2 is 1.58 bits per heavy atom. The molecular formula is C38H49F2N7O8. The lowest BCUT2D eigenvalue weighted by molar-refractivity contribution is -0.146. The van der Waals surface area contributed by atoms with E-state index >= 15 is 8.78 Å². The summed E-state index contributed by atoms with van der Waals surface area (Å²) < 4.78 is 30.4. The van der Waals surface area contributed by atoms with Crippen molar-refractivity contribution in [3.05, 3.63) is 60.2 Å². The molecule has 7 atom stereocenters. The average Bonchev–Trinajstić information content (AvgIpc) is 3.68. The van der Waals surface area contributed by atoms with Crippen LogP contribution in [0.5, 0.6) is 0 Å². The highest BCUT2D eigenvalue weighted by Crippen LogP contribution is 2.51. The van der Waals surface area contributed by atoms with Crippen molar-refractivity contribution in [1.29, 1.82) is 0 Å². The number of fused-ring (bicyclic) bond motifs is 1. The molecule has 5 N–H and O–H groups in total. The fraction of sp³-hybridized carbons (Fsp3) is 0.553. The van der Waals surface area contributed by atoms with Crippen molar-refractivity contribution in [2.24, 2.45) is 23.7 Å². The Labute approximate surface area is 317 Å². The number of ketones is 1. The molecule has 1 aliphatic heterocycles. The molecule has 1 aromatic heterocycles. The van der Waals surface area contributed by atoms with Crippen molar-refractivity contribution in [2.45, 2.75) is 103 Å². The summed E-state index contributed by atoms with van der Waals surface area (Å²) in [7, 11) is 0. The molecule has 1 aliphatic carbocycles. The van der Waals surface area contributed by atoms with Gasteiger partial charge in [-0.15, -0.1) is 0 Å². The van der Waals surface area contributed by atoms with Crippen LogP contribution >= 0.6 is 0 Å². The number of rotatable bonds is 17. The average molecular weight is 770 g/mol. The molecule has 5 amide bonds. The van der Waals surface area contributed by atoms with Crippen LogP contribution in [0.4, 0.5) is 8.78 Å². The van der Waals surface area contributed by atoms with E-state index in [-0.39, 0.29) is 25.0 Å². The molecule has 2 aromatic rings. The maximum absolute atomic E-state index is 15.2. The number of carbonyl (C=O) groups excluding carboxylic acids is 6. The molecule has 55 heavy (non-hydrogen) atoms. The first-order valence-corrected chi connectivity index (χ1v) is 18.4. The minimum atomic E-state index is -3.20. The predicted molar refractivity (Wildman–Crippen MR) is 193 cm³/mol. The number of carboxylic acid groups (broad SMARTS) is 1. The maximum Gasteiger partial charge on any atom is 0.326 e. The molecule has 0 bridgehead atoms. The number of halogens is 2. The third-order valence-corrected chi connectivity index (χ3v) is 10.1. The largest absolute Gasteiger partial charge is 0.480 e. The smallest absolute Gasteiger partial charge is 0.326 e. The molecule has 298 valence electrons. The minimum Gasteiger partial charge on any atom is -0.480 e. The zero-order valence-electron chi connectivity index (χ0n) is 31.5. The Kier molecular flexibility index (Phi) is 14.1. The van der Waals surface area contributed by atoms with Gasteiger partial charge in [0.05, 0.1) is 12.2 Å². The van der Waals surface area contributed by atoms with Crippen molar-refractivity contribution in [3.63, 3.8) is 0 Å². The van der Waals surface area contributed by atoms with Crippen LogP contribution in [0.1, 0.15) is 76.4 Å². The van der Waals surface area contributed by atoms with E-state index in [0.717, 1.165) is 4.90 Å². The first-order valence-electron chi connectivity index (χ1n) is 18.4. The van der Waals surface area contributed by atoms with Crippen LogP contribution in [0.3, 0.4) is 0 Å².